The molecule has 0 radical (unpaired) electrons. The molecule has 0 saturated carbocycles. The van der Waals surface area contributed by atoms with Crippen molar-refractivity contribution in [2.45, 2.75) is 6.54 Å². The SMILES string of the molecule is CN(Cc1ccc(Br)o1)C(=O)c1cc(Cl)ncc1N. The quantitative estimate of drug-likeness (QED) is 0.869. The van der Waals surface area contributed by atoms with E-state index in [0.29, 0.717) is 28.2 Å². The lowest BCUT2D eigenvalue weighted by Crippen LogP contribution is -2.26. The first-order valence-corrected chi connectivity index (χ1v) is 6.55. The molecule has 0 aromatic carbocycles. The third-order valence-corrected chi connectivity index (χ3v) is 3.13. The fraction of sp³-hybridized carbons (Fsp3) is 0.167. The van der Waals surface area contributed by atoms with Crippen molar-refractivity contribution >= 4 is 39.1 Å². The zero-order valence-electron chi connectivity index (χ0n) is 10.1. The van der Waals surface area contributed by atoms with Gasteiger partial charge in [0.05, 0.1) is 24.0 Å². The molecule has 2 heterocycles. The maximum atomic E-state index is 12.2. The fourth-order valence-corrected chi connectivity index (χ4v) is 2.07. The first kappa shape index (κ1) is 13.9. The third-order valence-electron chi connectivity index (χ3n) is 2.50. The molecule has 19 heavy (non-hydrogen) atoms. The van der Waals surface area contributed by atoms with Crippen LogP contribution in [0.15, 0.2) is 33.5 Å². The number of aromatic nitrogens is 1. The Labute approximate surface area is 123 Å². The number of halogens is 2. The van der Waals surface area contributed by atoms with E-state index in [0.717, 1.165) is 0 Å². The lowest BCUT2D eigenvalue weighted by molar-refractivity contribution is 0.0776. The molecule has 1 amide bonds. The molecule has 0 fully saturated rings. The lowest BCUT2D eigenvalue weighted by atomic mass is 10.2. The van der Waals surface area contributed by atoms with E-state index in [1.54, 1.807) is 19.2 Å². The molecule has 0 unspecified atom stereocenters. The molecular weight excluding hydrogens is 334 g/mol. The van der Waals surface area contributed by atoms with Crippen LogP contribution in [-0.2, 0) is 6.54 Å². The fourth-order valence-electron chi connectivity index (χ4n) is 1.57. The molecule has 2 rings (SSSR count). The van der Waals surface area contributed by atoms with Crippen LogP contribution in [0.4, 0.5) is 5.69 Å². The van der Waals surface area contributed by atoms with Gasteiger partial charge in [0.15, 0.2) is 4.67 Å². The van der Waals surface area contributed by atoms with Crippen LogP contribution >= 0.6 is 27.5 Å². The van der Waals surface area contributed by atoms with Crippen molar-refractivity contribution < 1.29 is 9.21 Å². The van der Waals surface area contributed by atoms with E-state index < -0.39 is 0 Å². The first-order valence-electron chi connectivity index (χ1n) is 5.38. The second-order valence-corrected chi connectivity index (χ2v) is 5.13. The van der Waals surface area contributed by atoms with Crippen LogP contribution in [0.5, 0.6) is 0 Å². The van der Waals surface area contributed by atoms with Crippen LogP contribution < -0.4 is 5.73 Å². The second kappa shape index (κ2) is 5.63. The highest BCUT2D eigenvalue weighted by molar-refractivity contribution is 9.10. The van der Waals surface area contributed by atoms with Crippen LogP contribution in [0, 0.1) is 0 Å². The molecule has 0 saturated heterocycles. The van der Waals surface area contributed by atoms with Gasteiger partial charge in [-0.05, 0) is 34.1 Å². The van der Waals surface area contributed by atoms with Gasteiger partial charge in [0.1, 0.15) is 10.9 Å². The van der Waals surface area contributed by atoms with Gasteiger partial charge in [-0.3, -0.25) is 4.79 Å². The number of carbonyl (C=O) groups excluding carboxylic acids is 1. The van der Waals surface area contributed by atoms with E-state index in [2.05, 4.69) is 20.9 Å². The number of nitrogen functional groups attached to an aromatic ring is 1. The Hall–Kier alpha value is -1.53. The van der Waals surface area contributed by atoms with E-state index in [4.69, 9.17) is 21.8 Å². The Balaban J connectivity index is 2.16. The summed E-state index contributed by atoms with van der Waals surface area (Å²) in [4.78, 5) is 17.5. The summed E-state index contributed by atoms with van der Waals surface area (Å²) >= 11 is 8.98. The largest absolute Gasteiger partial charge is 0.452 e. The average Bonchev–Trinajstić information content (AvgIpc) is 2.77. The van der Waals surface area contributed by atoms with Crippen molar-refractivity contribution in [3.8, 4) is 0 Å². The van der Waals surface area contributed by atoms with Gasteiger partial charge in [0.2, 0.25) is 0 Å². The summed E-state index contributed by atoms with van der Waals surface area (Å²) in [6, 6.07) is 5.01. The van der Waals surface area contributed by atoms with Crippen molar-refractivity contribution in [1.29, 1.82) is 0 Å². The summed E-state index contributed by atoms with van der Waals surface area (Å²) in [7, 11) is 1.66. The van der Waals surface area contributed by atoms with Gasteiger partial charge in [-0.25, -0.2) is 4.98 Å². The van der Waals surface area contributed by atoms with Gasteiger partial charge in [0, 0.05) is 7.05 Å². The minimum absolute atomic E-state index is 0.228. The van der Waals surface area contributed by atoms with Gasteiger partial charge in [0.25, 0.3) is 5.91 Å². The summed E-state index contributed by atoms with van der Waals surface area (Å²) in [5.74, 6) is 0.427. The molecule has 0 bridgehead atoms. The third kappa shape index (κ3) is 3.27. The smallest absolute Gasteiger partial charge is 0.256 e. The van der Waals surface area contributed by atoms with Crippen LogP contribution in [-0.4, -0.2) is 22.8 Å². The Kier molecular flexibility index (Phi) is 4.11. The predicted molar refractivity (Wildman–Crippen MR) is 75.9 cm³/mol. The van der Waals surface area contributed by atoms with E-state index in [9.17, 15) is 4.79 Å². The highest BCUT2D eigenvalue weighted by Crippen LogP contribution is 2.19. The van der Waals surface area contributed by atoms with Gasteiger partial charge in [-0.1, -0.05) is 11.6 Å². The van der Waals surface area contributed by atoms with E-state index in [1.807, 2.05) is 0 Å². The normalized spacial score (nSPS) is 10.5. The summed E-state index contributed by atoms with van der Waals surface area (Å²) in [5, 5.41) is 0.228. The van der Waals surface area contributed by atoms with Crippen molar-refractivity contribution in [1.82, 2.24) is 9.88 Å². The number of rotatable bonds is 3. The molecule has 2 aromatic rings. The summed E-state index contributed by atoms with van der Waals surface area (Å²) < 4.78 is 5.97. The van der Waals surface area contributed by atoms with Crippen LogP contribution in [0.25, 0.3) is 0 Å². The summed E-state index contributed by atoms with van der Waals surface area (Å²) in [6.07, 6.45) is 1.37. The number of nitrogens with two attached hydrogens (primary N) is 1. The van der Waals surface area contributed by atoms with Crippen molar-refractivity contribution in [2.24, 2.45) is 0 Å². The maximum Gasteiger partial charge on any atom is 0.256 e. The highest BCUT2D eigenvalue weighted by Gasteiger charge is 2.17. The standard InChI is InChI=1S/C12H11BrClN3O2/c1-17(6-7-2-3-10(13)19-7)12(18)8-4-11(14)16-5-9(8)15/h2-5H,6,15H2,1H3. The topological polar surface area (TPSA) is 72.4 Å². The Bertz CT molecular complexity index is 615. The van der Waals surface area contributed by atoms with E-state index >= 15 is 0 Å². The first-order chi connectivity index (χ1) is 8.97. The van der Waals surface area contributed by atoms with Gasteiger partial charge in [-0.15, -0.1) is 0 Å². The molecule has 2 N–H and O–H groups in total. The number of amides is 1. The number of hydrogen-bond donors (Lipinski definition) is 1. The zero-order chi connectivity index (χ0) is 14.0. The minimum atomic E-state index is -0.241. The molecule has 2 aromatic heterocycles. The Morgan fingerprint density at radius 3 is 2.95 bits per heavy atom. The number of furan rings is 1. The maximum absolute atomic E-state index is 12.2. The molecule has 0 atom stereocenters. The molecule has 0 spiro atoms. The molecular formula is C12H11BrClN3O2. The van der Waals surface area contributed by atoms with Crippen molar-refractivity contribution in [2.75, 3.05) is 12.8 Å². The number of anilines is 1. The van der Waals surface area contributed by atoms with Crippen LogP contribution in [0.1, 0.15) is 16.1 Å². The number of nitrogens with zero attached hydrogens (tertiary/aromatic N) is 2. The second-order valence-electron chi connectivity index (χ2n) is 3.96. The zero-order valence-corrected chi connectivity index (χ0v) is 12.4. The molecule has 100 valence electrons. The Morgan fingerprint density at radius 1 is 1.58 bits per heavy atom. The van der Waals surface area contributed by atoms with Gasteiger partial charge in [-0.2, -0.15) is 0 Å². The lowest BCUT2D eigenvalue weighted by Gasteiger charge is -2.16. The van der Waals surface area contributed by atoms with Crippen molar-refractivity contribution in [3.05, 3.63) is 45.5 Å². The molecule has 5 nitrogen and oxygen atoms in total. The Morgan fingerprint density at radius 2 is 2.32 bits per heavy atom. The summed E-state index contributed by atoms with van der Waals surface area (Å²) in [6.45, 7) is 0.337. The number of pyridine rings is 1. The van der Waals surface area contributed by atoms with Crippen LogP contribution in [0.2, 0.25) is 5.15 Å². The molecule has 7 heteroatoms. The highest BCUT2D eigenvalue weighted by atomic mass is 79.9. The van der Waals surface area contributed by atoms with Gasteiger partial charge < -0.3 is 15.1 Å². The number of carbonyl (C=O) groups is 1. The van der Waals surface area contributed by atoms with Crippen molar-refractivity contribution in [3.63, 3.8) is 0 Å². The van der Waals surface area contributed by atoms with Crippen LogP contribution in [0.3, 0.4) is 0 Å². The average molecular weight is 345 g/mol. The molecule has 0 aliphatic carbocycles. The summed E-state index contributed by atoms with van der Waals surface area (Å²) in [5.41, 5.74) is 6.35. The predicted octanol–water partition coefficient (Wildman–Crippen LogP) is 2.94. The molecule has 0 aliphatic rings. The monoisotopic (exact) mass is 343 g/mol. The van der Waals surface area contributed by atoms with E-state index in [-0.39, 0.29) is 11.1 Å². The van der Waals surface area contributed by atoms with E-state index in [1.165, 1.54) is 17.2 Å². The molecule has 0 aliphatic heterocycles. The minimum Gasteiger partial charge on any atom is -0.452 e. The van der Waals surface area contributed by atoms with Gasteiger partial charge >= 0.3 is 0 Å². The number of hydrogen-bond acceptors (Lipinski definition) is 4.